The van der Waals surface area contributed by atoms with E-state index < -0.39 is 0 Å². The second-order valence-corrected chi connectivity index (χ2v) is 6.18. The topological polar surface area (TPSA) is 30.5 Å². The lowest BCUT2D eigenvalue weighted by Gasteiger charge is -2.37. The number of rotatable bonds is 5. The third-order valence-electron chi connectivity index (χ3n) is 4.00. The van der Waals surface area contributed by atoms with Gasteiger partial charge < -0.3 is 14.8 Å². The van der Waals surface area contributed by atoms with Crippen LogP contribution < -0.4 is 5.32 Å². The highest BCUT2D eigenvalue weighted by atomic mass is 79.9. The number of methoxy groups -OCH3 is 1. The first-order valence-electron chi connectivity index (χ1n) is 6.87. The molecule has 0 amide bonds. The minimum absolute atomic E-state index is 0.0574. The van der Waals surface area contributed by atoms with Crippen molar-refractivity contribution in [3.63, 3.8) is 0 Å². The molecule has 1 aromatic carbocycles. The van der Waals surface area contributed by atoms with Gasteiger partial charge in [-0.2, -0.15) is 0 Å². The molecule has 1 atom stereocenters. The van der Waals surface area contributed by atoms with Crippen molar-refractivity contribution in [2.45, 2.75) is 31.4 Å². The highest BCUT2D eigenvalue weighted by Gasteiger charge is 2.32. The van der Waals surface area contributed by atoms with Gasteiger partial charge in [-0.05, 0) is 19.1 Å². The highest BCUT2D eigenvalue weighted by Crippen LogP contribution is 2.26. The van der Waals surface area contributed by atoms with Crippen LogP contribution in [0.5, 0.6) is 0 Å². The Morgan fingerprint density at radius 3 is 2.75 bits per heavy atom. The average Bonchev–Trinajstić information content (AvgIpc) is 2.46. The van der Waals surface area contributed by atoms with Crippen molar-refractivity contribution in [3.8, 4) is 0 Å². The van der Waals surface area contributed by atoms with Crippen LogP contribution >= 0.6 is 15.9 Å². The molecular weight excluding hydrogens is 325 g/mol. The Morgan fingerprint density at radius 1 is 1.45 bits per heavy atom. The van der Waals surface area contributed by atoms with Gasteiger partial charge in [-0.25, -0.2) is 4.39 Å². The maximum atomic E-state index is 13.9. The minimum atomic E-state index is -0.196. The largest absolute Gasteiger partial charge is 0.381 e. The number of ether oxygens (including phenoxy) is 2. The summed E-state index contributed by atoms with van der Waals surface area (Å²) in [6.07, 6.45) is 1.73. The zero-order chi connectivity index (χ0) is 14.6. The van der Waals surface area contributed by atoms with E-state index in [1.54, 1.807) is 13.2 Å². The van der Waals surface area contributed by atoms with Crippen molar-refractivity contribution >= 4 is 15.9 Å². The first-order chi connectivity index (χ1) is 9.56. The molecule has 1 aliphatic rings. The van der Waals surface area contributed by atoms with Crippen LogP contribution in [0.2, 0.25) is 0 Å². The SMILES string of the molecule is COC1(CNC(C)c2ccc(Br)cc2F)CCOCC1. The Hall–Kier alpha value is -0.490. The van der Waals surface area contributed by atoms with Gasteiger partial charge in [0, 0.05) is 55.8 Å². The van der Waals surface area contributed by atoms with Crippen molar-refractivity contribution < 1.29 is 13.9 Å². The van der Waals surface area contributed by atoms with Gasteiger partial charge in [0.05, 0.1) is 5.60 Å². The summed E-state index contributed by atoms with van der Waals surface area (Å²) < 4.78 is 25.7. The molecule has 2 rings (SSSR count). The van der Waals surface area contributed by atoms with Crippen LogP contribution in [0, 0.1) is 5.82 Å². The van der Waals surface area contributed by atoms with Crippen molar-refractivity contribution in [1.82, 2.24) is 5.32 Å². The molecule has 1 N–H and O–H groups in total. The molecule has 1 heterocycles. The molecule has 20 heavy (non-hydrogen) atoms. The molecule has 3 nitrogen and oxygen atoms in total. The summed E-state index contributed by atoms with van der Waals surface area (Å²) in [5.41, 5.74) is 0.477. The molecule has 0 saturated carbocycles. The molecule has 1 aromatic rings. The predicted octanol–water partition coefficient (Wildman–Crippen LogP) is 3.43. The molecule has 0 radical (unpaired) electrons. The lowest BCUT2D eigenvalue weighted by molar-refractivity contribution is -0.0885. The van der Waals surface area contributed by atoms with E-state index in [1.807, 2.05) is 13.0 Å². The fourth-order valence-electron chi connectivity index (χ4n) is 2.50. The van der Waals surface area contributed by atoms with Crippen molar-refractivity contribution in [3.05, 3.63) is 34.1 Å². The molecule has 1 unspecified atom stereocenters. The number of hydrogen-bond donors (Lipinski definition) is 1. The average molecular weight is 346 g/mol. The van der Waals surface area contributed by atoms with E-state index in [2.05, 4.69) is 21.2 Å². The van der Waals surface area contributed by atoms with Crippen LogP contribution in [0.4, 0.5) is 4.39 Å². The number of halogens is 2. The second-order valence-electron chi connectivity index (χ2n) is 5.27. The predicted molar refractivity (Wildman–Crippen MR) is 80.3 cm³/mol. The summed E-state index contributed by atoms with van der Waals surface area (Å²) >= 11 is 3.27. The smallest absolute Gasteiger partial charge is 0.129 e. The second kappa shape index (κ2) is 6.98. The van der Waals surface area contributed by atoms with Crippen LogP contribution in [0.15, 0.2) is 22.7 Å². The molecule has 1 fully saturated rings. The van der Waals surface area contributed by atoms with Crippen LogP contribution in [-0.4, -0.2) is 32.5 Å². The summed E-state index contributed by atoms with van der Waals surface area (Å²) in [5.74, 6) is -0.196. The molecule has 5 heteroatoms. The number of hydrogen-bond acceptors (Lipinski definition) is 3. The number of benzene rings is 1. The summed E-state index contributed by atoms with van der Waals surface area (Å²) in [6.45, 7) is 4.10. The minimum Gasteiger partial charge on any atom is -0.381 e. The zero-order valence-corrected chi connectivity index (χ0v) is 13.5. The van der Waals surface area contributed by atoms with E-state index in [9.17, 15) is 4.39 Å². The van der Waals surface area contributed by atoms with Gasteiger partial charge in [0.15, 0.2) is 0 Å². The van der Waals surface area contributed by atoms with E-state index in [4.69, 9.17) is 9.47 Å². The van der Waals surface area contributed by atoms with E-state index >= 15 is 0 Å². The van der Waals surface area contributed by atoms with Crippen LogP contribution in [0.1, 0.15) is 31.4 Å². The number of nitrogens with one attached hydrogen (secondary N) is 1. The normalized spacial score (nSPS) is 19.8. The van der Waals surface area contributed by atoms with Gasteiger partial charge >= 0.3 is 0 Å². The summed E-state index contributed by atoms with van der Waals surface area (Å²) in [4.78, 5) is 0. The maximum Gasteiger partial charge on any atom is 0.129 e. The fourth-order valence-corrected chi connectivity index (χ4v) is 2.83. The Bertz CT molecular complexity index is 449. The first kappa shape index (κ1) is 15.9. The van der Waals surface area contributed by atoms with Gasteiger partial charge in [-0.1, -0.05) is 22.0 Å². The summed E-state index contributed by atoms with van der Waals surface area (Å²) in [5, 5.41) is 3.38. The van der Waals surface area contributed by atoms with Gasteiger partial charge in [0.25, 0.3) is 0 Å². The standard InChI is InChI=1S/C15H21BrFNO2/c1-11(13-4-3-12(16)9-14(13)17)18-10-15(19-2)5-7-20-8-6-15/h3-4,9,11,18H,5-8,10H2,1-2H3. The Morgan fingerprint density at radius 2 is 2.15 bits per heavy atom. The highest BCUT2D eigenvalue weighted by molar-refractivity contribution is 9.10. The van der Waals surface area contributed by atoms with Crippen molar-refractivity contribution in [1.29, 1.82) is 0 Å². The van der Waals surface area contributed by atoms with Crippen LogP contribution in [-0.2, 0) is 9.47 Å². The van der Waals surface area contributed by atoms with E-state index in [1.165, 1.54) is 6.07 Å². The molecule has 0 bridgehead atoms. The lowest BCUT2D eigenvalue weighted by atomic mass is 9.93. The zero-order valence-electron chi connectivity index (χ0n) is 11.9. The Balaban J connectivity index is 1.98. The third kappa shape index (κ3) is 3.79. The molecule has 0 aliphatic carbocycles. The summed E-state index contributed by atoms with van der Waals surface area (Å²) in [7, 11) is 1.73. The van der Waals surface area contributed by atoms with Crippen molar-refractivity contribution in [2.75, 3.05) is 26.9 Å². The molecule has 0 spiro atoms. The third-order valence-corrected chi connectivity index (χ3v) is 4.49. The molecule has 0 aromatic heterocycles. The van der Waals surface area contributed by atoms with E-state index in [0.717, 1.165) is 30.5 Å². The monoisotopic (exact) mass is 345 g/mol. The van der Waals surface area contributed by atoms with Crippen LogP contribution in [0.3, 0.4) is 0 Å². The Labute approximate surface area is 128 Å². The summed E-state index contributed by atoms with van der Waals surface area (Å²) in [6, 6.07) is 5.10. The van der Waals surface area contributed by atoms with Gasteiger partial charge in [0.1, 0.15) is 5.82 Å². The quantitative estimate of drug-likeness (QED) is 0.886. The lowest BCUT2D eigenvalue weighted by Crippen LogP contribution is -2.47. The van der Waals surface area contributed by atoms with E-state index in [-0.39, 0.29) is 17.5 Å². The first-order valence-corrected chi connectivity index (χ1v) is 7.67. The van der Waals surface area contributed by atoms with Crippen LogP contribution in [0.25, 0.3) is 0 Å². The Kier molecular flexibility index (Phi) is 5.55. The van der Waals surface area contributed by atoms with E-state index in [0.29, 0.717) is 12.1 Å². The van der Waals surface area contributed by atoms with Gasteiger partial charge in [-0.3, -0.25) is 0 Å². The van der Waals surface area contributed by atoms with Gasteiger partial charge in [0.2, 0.25) is 0 Å². The molecule has 1 saturated heterocycles. The van der Waals surface area contributed by atoms with Crippen molar-refractivity contribution in [2.24, 2.45) is 0 Å². The maximum absolute atomic E-state index is 13.9. The fraction of sp³-hybridized carbons (Fsp3) is 0.600. The molecule has 112 valence electrons. The molecule has 1 aliphatic heterocycles. The van der Waals surface area contributed by atoms with Gasteiger partial charge in [-0.15, -0.1) is 0 Å². The molecular formula is C15H21BrFNO2.